The number of benzene rings is 1. The van der Waals surface area contributed by atoms with Crippen LogP contribution in [0.2, 0.25) is 0 Å². The number of rotatable bonds is 6. The molecule has 3 nitrogen and oxygen atoms in total. The van der Waals surface area contributed by atoms with Gasteiger partial charge in [0.2, 0.25) is 0 Å². The molecule has 16 heavy (non-hydrogen) atoms. The maximum atomic E-state index is 5.46. The predicted octanol–water partition coefficient (Wildman–Crippen LogP) is 2.25. The van der Waals surface area contributed by atoms with Gasteiger partial charge in [-0.05, 0) is 24.1 Å². The second-order valence-electron chi connectivity index (χ2n) is 4.03. The van der Waals surface area contributed by atoms with Crippen LogP contribution in [0.25, 0.3) is 0 Å². The van der Waals surface area contributed by atoms with E-state index in [1.54, 1.807) is 0 Å². The summed E-state index contributed by atoms with van der Waals surface area (Å²) >= 11 is 0. The predicted molar refractivity (Wildman–Crippen MR) is 61.6 cm³/mol. The smallest absolute Gasteiger partial charge is 0.189 e. The van der Waals surface area contributed by atoms with Crippen molar-refractivity contribution in [2.75, 3.05) is 26.6 Å². The van der Waals surface area contributed by atoms with E-state index in [2.05, 4.69) is 19.1 Å². The maximum absolute atomic E-state index is 5.46. The molecule has 0 radical (unpaired) electrons. The highest BCUT2D eigenvalue weighted by atomic mass is 16.7. The van der Waals surface area contributed by atoms with Gasteiger partial charge >= 0.3 is 0 Å². The third-order valence-electron chi connectivity index (χ3n) is 2.70. The average molecular weight is 222 g/mol. The van der Waals surface area contributed by atoms with Gasteiger partial charge in [-0.3, -0.25) is 0 Å². The van der Waals surface area contributed by atoms with Crippen molar-refractivity contribution in [3.05, 3.63) is 29.8 Å². The minimum absolute atomic E-state index is 0.321. The Kier molecular flexibility index (Phi) is 4.19. The molecule has 1 saturated heterocycles. The first-order valence-corrected chi connectivity index (χ1v) is 5.75. The second kappa shape index (κ2) is 5.87. The molecule has 1 aromatic carbocycles. The molecule has 0 aromatic heterocycles. The van der Waals surface area contributed by atoms with Crippen LogP contribution in [-0.4, -0.2) is 26.6 Å². The molecule has 0 N–H and O–H groups in total. The minimum atomic E-state index is 0.321. The summed E-state index contributed by atoms with van der Waals surface area (Å²) < 4.78 is 15.9. The largest absolute Gasteiger partial charge is 0.468 e. The van der Waals surface area contributed by atoms with Crippen molar-refractivity contribution in [2.24, 2.45) is 5.92 Å². The van der Waals surface area contributed by atoms with Gasteiger partial charge in [0.05, 0.1) is 19.8 Å². The van der Waals surface area contributed by atoms with Crippen molar-refractivity contribution in [3.8, 4) is 5.75 Å². The van der Waals surface area contributed by atoms with Crippen LogP contribution < -0.4 is 4.74 Å². The van der Waals surface area contributed by atoms with Gasteiger partial charge in [-0.25, -0.2) is 0 Å². The van der Waals surface area contributed by atoms with Crippen molar-refractivity contribution < 1.29 is 14.2 Å². The van der Waals surface area contributed by atoms with E-state index >= 15 is 0 Å². The minimum Gasteiger partial charge on any atom is -0.468 e. The molecule has 3 heteroatoms. The van der Waals surface area contributed by atoms with Gasteiger partial charge < -0.3 is 14.2 Å². The van der Waals surface area contributed by atoms with Crippen LogP contribution in [-0.2, 0) is 15.9 Å². The molecule has 0 spiro atoms. The zero-order chi connectivity index (χ0) is 11.2. The van der Waals surface area contributed by atoms with Gasteiger partial charge in [-0.2, -0.15) is 0 Å². The highest BCUT2D eigenvalue weighted by Gasteiger charge is 2.17. The molecule has 1 heterocycles. The molecule has 0 atom stereocenters. The van der Waals surface area contributed by atoms with Gasteiger partial charge in [0, 0.05) is 5.92 Å². The van der Waals surface area contributed by atoms with Crippen molar-refractivity contribution in [2.45, 2.75) is 13.3 Å². The number of hydrogen-bond acceptors (Lipinski definition) is 3. The van der Waals surface area contributed by atoms with E-state index in [1.807, 2.05) is 12.1 Å². The normalized spacial score (nSPS) is 15.8. The van der Waals surface area contributed by atoms with E-state index in [-0.39, 0.29) is 0 Å². The fourth-order valence-corrected chi connectivity index (χ4v) is 1.53. The zero-order valence-corrected chi connectivity index (χ0v) is 9.65. The molecule has 1 aliphatic rings. The van der Waals surface area contributed by atoms with E-state index < -0.39 is 0 Å². The second-order valence-corrected chi connectivity index (χ2v) is 4.03. The lowest BCUT2D eigenvalue weighted by molar-refractivity contribution is -0.0925. The Labute approximate surface area is 96.3 Å². The molecule has 1 aliphatic heterocycles. The van der Waals surface area contributed by atoms with Crippen LogP contribution in [0.1, 0.15) is 12.5 Å². The summed E-state index contributed by atoms with van der Waals surface area (Å²) in [6, 6.07) is 8.12. The Morgan fingerprint density at radius 1 is 1.25 bits per heavy atom. The molecule has 1 aromatic rings. The fraction of sp³-hybridized carbons (Fsp3) is 0.538. The first-order chi connectivity index (χ1) is 7.88. The third kappa shape index (κ3) is 3.22. The van der Waals surface area contributed by atoms with E-state index in [0.29, 0.717) is 12.7 Å². The summed E-state index contributed by atoms with van der Waals surface area (Å²) in [6.45, 7) is 4.84. The molecule has 0 amide bonds. The van der Waals surface area contributed by atoms with Gasteiger partial charge in [0.25, 0.3) is 0 Å². The van der Waals surface area contributed by atoms with Crippen molar-refractivity contribution in [1.29, 1.82) is 0 Å². The molecule has 0 bridgehead atoms. The first-order valence-electron chi connectivity index (χ1n) is 5.75. The lowest BCUT2D eigenvalue weighted by atomic mass is 10.1. The lowest BCUT2D eigenvalue weighted by Crippen LogP contribution is -2.32. The Morgan fingerprint density at radius 3 is 2.56 bits per heavy atom. The van der Waals surface area contributed by atoms with Gasteiger partial charge in [0.1, 0.15) is 5.75 Å². The van der Waals surface area contributed by atoms with Crippen LogP contribution >= 0.6 is 0 Å². The van der Waals surface area contributed by atoms with Crippen LogP contribution in [0.5, 0.6) is 5.75 Å². The maximum Gasteiger partial charge on any atom is 0.189 e. The van der Waals surface area contributed by atoms with Crippen molar-refractivity contribution in [3.63, 3.8) is 0 Å². The third-order valence-corrected chi connectivity index (χ3v) is 2.70. The van der Waals surface area contributed by atoms with E-state index in [1.165, 1.54) is 5.56 Å². The Bertz CT molecular complexity index is 303. The Balaban J connectivity index is 1.64. The molecular weight excluding hydrogens is 204 g/mol. The summed E-state index contributed by atoms with van der Waals surface area (Å²) in [4.78, 5) is 0. The summed E-state index contributed by atoms with van der Waals surface area (Å²) in [5.74, 6) is 1.42. The number of hydrogen-bond donors (Lipinski definition) is 0. The van der Waals surface area contributed by atoms with Crippen LogP contribution in [0, 0.1) is 5.92 Å². The summed E-state index contributed by atoms with van der Waals surface area (Å²) in [7, 11) is 0. The molecule has 88 valence electrons. The monoisotopic (exact) mass is 222 g/mol. The highest BCUT2D eigenvalue weighted by molar-refractivity contribution is 5.26. The lowest BCUT2D eigenvalue weighted by Gasteiger charge is -2.25. The van der Waals surface area contributed by atoms with Crippen molar-refractivity contribution in [1.82, 2.24) is 0 Å². The van der Waals surface area contributed by atoms with Crippen LogP contribution in [0.3, 0.4) is 0 Å². The molecule has 0 unspecified atom stereocenters. The topological polar surface area (TPSA) is 27.7 Å². The quantitative estimate of drug-likeness (QED) is 0.546. The Morgan fingerprint density at radius 2 is 2.00 bits per heavy atom. The standard InChI is InChI=1S/C13H18O3/c1-2-11-3-5-13(6-4-11)16-10-15-9-12-7-14-8-12/h3-6,12H,2,7-10H2,1H3. The highest BCUT2D eigenvalue weighted by Crippen LogP contribution is 2.13. The van der Waals surface area contributed by atoms with Crippen LogP contribution in [0.15, 0.2) is 24.3 Å². The van der Waals surface area contributed by atoms with Gasteiger partial charge in [0.15, 0.2) is 6.79 Å². The average Bonchev–Trinajstić information content (AvgIpc) is 2.27. The summed E-state index contributed by atoms with van der Waals surface area (Å²) in [5.41, 5.74) is 1.32. The molecule has 0 aliphatic carbocycles. The molecular formula is C13H18O3. The molecule has 0 saturated carbocycles. The van der Waals surface area contributed by atoms with Gasteiger partial charge in [-0.15, -0.1) is 0 Å². The summed E-state index contributed by atoms with van der Waals surface area (Å²) in [6.07, 6.45) is 1.05. The zero-order valence-electron chi connectivity index (χ0n) is 9.65. The Hall–Kier alpha value is -1.06. The van der Waals surface area contributed by atoms with Crippen LogP contribution in [0.4, 0.5) is 0 Å². The number of aryl methyl sites for hydroxylation is 1. The summed E-state index contributed by atoms with van der Waals surface area (Å²) in [5, 5.41) is 0. The molecule has 1 fully saturated rings. The fourth-order valence-electron chi connectivity index (χ4n) is 1.53. The van der Waals surface area contributed by atoms with Gasteiger partial charge in [-0.1, -0.05) is 19.1 Å². The van der Waals surface area contributed by atoms with E-state index in [9.17, 15) is 0 Å². The number of ether oxygens (including phenoxy) is 3. The SMILES string of the molecule is CCc1ccc(OCOCC2COC2)cc1. The van der Waals surface area contributed by atoms with E-state index in [0.717, 1.165) is 32.0 Å². The first kappa shape index (κ1) is 11.4. The van der Waals surface area contributed by atoms with E-state index in [4.69, 9.17) is 14.2 Å². The van der Waals surface area contributed by atoms with Crippen molar-refractivity contribution >= 4 is 0 Å². The molecule has 2 rings (SSSR count).